The molecule has 0 heterocycles. The Hall–Kier alpha value is -2.18. The zero-order valence-corrected chi connectivity index (χ0v) is 26.9. The molecule has 0 unspecified atom stereocenters. The fourth-order valence-electron chi connectivity index (χ4n) is 4.33. The molecule has 0 radical (unpaired) electrons. The average Bonchev–Trinajstić information content (AvgIpc) is 2.98. The number of ether oxygens (including phenoxy) is 2. The highest BCUT2D eigenvalue weighted by Crippen LogP contribution is 2.12. The molecule has 2 N–H and O–H groups in total. The lowest BCUT2D eigenvalue weighted by Gasteiger charge is -2.15. The van der Waals surface area contributed by atoms with E-state index in [1.807, 2.05) is 36.5 Å². The SMILES string of the molecule is CCCCC/C=C\C[C@@H](O)/C=C/C=C\C/C=C\CCCC(=O)OC[C@H](CO)OC(=O)CCCCCCCCCCCC. The first kappa shape index (κ1) is 39.8. The molecule has 0 bridgehead atoms. The van der Waals surface area contributed by atoms with Crippen molar-refractivity contribution in [3.8, 4) is 0 Å². The van der Waals surface area contributed by atoms with Crippen LogP contribution in [0.1, 0.15) is 142 Å². The number of rotatable bonds is 29. The number of aliphatic hydroxyl groups is 2. The summed E-state index contributed by atoms with van der Waals surface area (Å²) in [4.78, 5) is 24.0. The highest BCUT2D eigenvalue weighted by Gasteiger charge is 2.16. The second-order valence-corrected chi connectivity index (χ2v) is 11.1. The molecule has 42 heavy (non-hydrogen) atoms. The third kappa shape index (κ3) is 29.3. The molecule has 0 aliphatic rings. The van der Waals surface area contributed by atoms with Gasteiger partial charge in [-0.15, -0.1) is 0 Å². The summed E-state index contributed by atoms with van der Waals surface area (Å²) in [7, 11) is 0. The molecule has 0 fully saturated rings. The molecule has 0 aromatic carbocycles. The van der Waals surface area contributed by atoms with Crippen molar-refractivity contribution in [1.29, 1.82) is 0 Å². The lowest BCUT2D eigenvalue weighted by molar-refractivity contribution is -0.161. The summed E-state index contributed by atoms with van der Waals surface area (Å²) in [5.74, 6) is -0.701. The number of carbonyl (C=O) groups is 2. The second-order valence-electron chi connectivity index (χ2n) is 11.1. The van der Waals surface area contributed by atoms with E-state index in [0.29, 0.717) is 19.3 Å². The molecule has 0 rings (SSSR count). The average molecular weight is 591 g/mol. The lowest BCUT2D eigenvalue weighted by atomic mass is 10.1. The smallest absolute Gasteiger partial charge is 0.306 e. The molecular formula is C36H62O6. The quantitative estimate of drug-likeness (QED) is 0.0391. The number of unbranched alkanes of at least 4 members (excludes halogenated alkanes) is 13. The number of aliphatic hydroxyl groups excluding tert-OH is 2. The summed E-state index contributed by atoms with van der Waals surface area (Å²) in [6, 6.07) is 0. The molecule has 6 heteroatoms. The number of esters is 2. The molecular weight excluding hydrogens is 528 g/mol. The van der Waals surface area contributed by atoms with Gasteiger partial charge in [0.05, 0.1) is 12.7 Å². The highest BCUT2D eigenvalue weighted by molar-refractivity contribution is 5.70. The predicted octanol–water partition coefficient (Wildman–Crippen LogP) is 8.86. The van der Waals surface area contributed by atoms with Crippen LogP contribution < -0.4 is 0 Å². The molecule has 0 saturated heterocycles. The predicted molar refractivity (Wildman–Crippen MR) is 174 cm³/mol. The summed E-state index contributed by atoms with van der Waals surface area (Å²) >= 11 is 0. The lowest BCUT2D eigenvalue weighted by Crippen LogP contribution is -2.28. The van der Waals surface area contributed by atoms with Crippen LogP contribution in [0.2, 0.25) is 0 Å². The summed E-state index contributed by atoms with van der Waals surface area (Å²) < 4.78 is 10.5. The molecule has 0 aliphatic carbocycles. The molecule has 0 aromatic rings. The van der Waals surface area contributed by atoms with Crippen molar-refractivity contribution < 1.29 is 29.3 Å². The molecule has 6 nitrogen and oxygen atoms in total. The molecule has 0 saturated carbocycles. The van der Waals surface area contributed by atoms with Crippen LogP contribution in [-0.4, -0.2) is 47.6 Å². The van der Waals surface area contributed by atoms with E-state index >= 15 is 0 Å². The van der Waals surface area contributed by atoms with Crippen molar-refractivity contribution >= 4 is 11.9 Å². The Balaban J connectivity index is 3.80. The van der Waals surface area contributed by atoms with Gasteiger partial charge in [-0.1, -0.05) is 133 Å². The zero-order chi connectivity index (χ0) is 30.9. The van der Waals surface area contributed by atoms with Crippen LogP contribution in [0.5, 0.6) is 0 Å². The summed E-state index contributed by atoms with van der Waals surface area (Å²) in [6.45, 7) is 3.95. The van der Waals surface area contributed by atoms with Crippen LogP contribution in [0.25, 0.3) is 0 Å². The molecule has 0 amide bonds. The Bertz CT molecular complexity index is 739. The Morgan fingerprint density at radius 2 is 1.26 bits per heavy atom. The van der Waals surface area contributed by atoms with Gasteiger partial charge in [0.15, 0.2) is 6.10 Å². The van der Waals surface area contributed by atoms with Gasteiger partial charge in [0.2, 0.25) is 0 Å². The standard InChI is InChI=1S/C36H62O6/c1-3-5-7-9-11-12-13-18-22-26-30-36(40)42-34(31-37)32-41-35(39)29-25-21-17-15-14-16-20-24-28-33(38)27-23-19-10-8-6-4-2/h15-17,19-20,23-24,28,33-34,37-38H,3-14,18,21-22,25-27,29-32H2,1-2H3/b17-15-,20-16-,23-19-,28-24+/t33-,34+/m1/s1. The maximum Gasteiger partial charge on any atom is 0.306 e. The molecule has 2 atom stereocenters. The number of hydrogen-bond acceptors (Lipinski definition) is 6. The fourth-order valence-corrected chi connectivity index (χ4v) is 4.33. The van der Waals surface area contributed by atoms with Crippen LogP contribution in [-0.2, 0) is 19.1 Å². The van der Waals surface area contributed by atoms with Crippen molar-refractivity contribution in [3.05, 3.63) is 48.6 Å². The van der Waals surface area contributed by atoms with E-state index in [4.69, 9.17) is 9.47 Å². The van der Waals surface area contributed by atoms with E-state index in [0.717, 1.165) is 38.5 Å². The topological polar surface area (TPSA) is 93.1 Å². The fraction of sp³-hybridized carbons (Fsp3) is 0.722. The van der Waals surface area contributed by atoms with Crippen molar-refractivity contribution in [2.24, 2.45) is 0 Å². The first-order chi connectivity index (χ1) is 20.5. The van der Waals surface area contributed by atoms with Crippen molar-refractivity contribution in [3.63, 3.8) is 0 Å². The number of allylic oxidation sites excluding steroid dienone is 6. The van der Waals surface area contributed by atoms with E-state index in [2.05, 4.69) is 19.9 Å². The van der Waals surface area contributed by atoms with Gasteiger partial charge in [0.25, 0.3) is 0 Å². The van der Waals surface area contributed by atoms with Crippen molar-refractivity contribution in [2.45, 2.75) is 154 Å². The van der Waals surface area contributed by atoms with Gasteiger partial charge in [0, 0.05) is 12.8 Å². The van der Waals surface area contributed by atoms with E-state index in [1.54, 1.807) is 6.08 Å². The van der Waals surface area contributed by atoms with Crippen molar-refractivity contribution in [1.82, 2.24) is 0 Å². The van der Waals surface area contributed by atoms with Gasteiger partial charge in [0.1, 0.15) is 6.61 Å². The summed E-state index contributed by atoms with van der Waals surface area (Å²) in [6.07, 6.45) is 34.8. The minimum Gasteiger partial charge on any atom is -0.462 e. The van der Waals surface area contributed by atoms with Gasteiger partial charge in [-0.2, -0.15) is 0 Å². The third-order valence-electron chi connectivity index (χ3n) is 6.96. The first-order valence-corrected chi connectivity index (χ1v) is 16.8. The van der Waals surface area contributed by atoms with Gasteiger partial charge >= 0.3 is 11.9 Å². The Morgan fingerprint density at radius 3 is 1.95 bits per heavy atom. The first-order valence-electron chi connectivity index (χ1n) is 16.8. The van der Waals surface area contributed by atoms with E-state index < -0.39 is 12.2 Å². The van der Waals surface area contributed by atoms with E-state index in [-0.39, 0.29) is 31.6 Å². The van der Waals surface area contributed by atoms with Crippen LogP contribution in [0.15, 0.2) is 48.6 Å². The Morgan fingerprint density at radius 1 is 0.667 bits per heavy atom. The van der Waals surface area contributed by atoms with Gasteiger partial charge < -0.3 is 19.7 Å². The van der Waals surface area contributed by atoms with Crippen LogP contribution >= 0.6 is 0 Å². The molecule has 0 aromatic heterocycles. The maximum atomic E-state index is 12.0. The highest BCUT2D eigenvalue weighted by atomic mass is 16.6. The molecule has 0 spiro atoms. The minimum atomic E-state index is -0.807. The molecule has 242 valence electrons. The Kier molecular flexibility index (Phi) is 30.1. The van der Waals surface area contributed by atoms with Crippen LogP contribution in [0.3, 0.4) is 0 Å². The third-order valence-corrected chi connectivity index (χ3v) is 6.96. The van der Waals surface area contributed by atoms with Gasteiger partial charge in [-0.05, 0) is 44.9 Å². The van der Waals surface area contributed by atoms with Gasteiger partial charge in [-0.25, -0.2) is 0 Å². The maximum absolute atomic E-state index is 12.0. The Labute approximate surface area is 257 Å². The van der Waals surface area contributed by atoms with Crippen LogP contribution in [0.4, 0.5) is 0 Å². The molecule has 0 aliphatic heterocycles. The second kappa shape index (κ2) is 31.7. The monoisotopic (exact) mass is 590 g/mol. The van der Waals surface area contributed by atoms with Crippen LogP contribution in [0, 0.1) is 0 Å². The normalized spacial score (nSPS) is 13.5. The van der Waals surface area contributed by atoms with E-state index in [1.165, 1.54) is 64.2 Å². The summed E-state index contributed by atoms with van der Waals surface area (Å²) in [5, 5.41) is 19.4. The van der Waals surface area contributed by atoms with Crippen molar-refractivity contribution in [2.75, 3.05) is 13.2 Å². The summed E-state index contributed by atoms with van der Waals surface area (Å²) in [5.41, 5.74) is 0. The minimum absolute atomic E-state index is 0.114. The number of hydrogen-bond donors (Lipinski definition) is 2. The zero-order valence-electron chi connectivity index (χ0n) is 26.9. The largest absolute Gasteiger partial charge is 0.462 e. The van der Waals surface area contributed by atoms with E-state index in [9.17, 15) is 19.8 Å². The van der Waals surface area contributed by atoms with Gasteiger partial charge in [-0.3, -0.25) is 9.59 Å². The number of carbonyl (C=O) groups excluding carboxylic acids is 2.